The molecule has 1 fully saturated rings. The summed E-state index contributed by atoms with van der Waals surface area (Å²) in [5, 5.41) is 8.74. The molecular weight excluding hydrogens is 326 g/mol. The summed E-state index contributed by atoms with van der Waals surface area (Å²) in [6, 6.07) is 11.5. The van der Waals surface area contributed by atoms with Crippen molar-refractivity contribution in [3.8, 4) is 0 Å². The van der Waals surface area contributed by atoms with Crippen molar-refractivity contribution >= 4 is 5.91 Å². The van der Waals surface area contributed by atoms with E-state index < -0.39 is 6.04 Å². The second-order valence-electron chi connectivity index (χ2n) is 6.87. The van der Waals surface area contributed by atoms with Gasteiger partial charge in [-0.3, -0.25) is 14.2 Å². The van der Waals surface area contributed by atoms with Crippen LogP contribution < -0.4 is 0 Å². The van der Waals surface area contributed by atoms with Crippen molar-refractivity contribution in [2.24, 2.45) is 0 Å². The molecule has 3 heterocycles. The Morgan fingerprint density at radius 2 is 2.08 bits per heavy atom. The van der Waals surface area contributed by atoms with Crippen molar-refractivity contribution in [2.45, 2.75) is 38.4 Å². The molecule has 2 atom stereocenters. The molecule has 0 N–H and O–H groups in total. The highest BCUT2D eigenvalue weighted by Crippen LogP contribution is 2.26. The van der Waals surface area contributed by atoms with E-state index in [1.807, 2.05) is 71.5 Å². The zero-order chi connectivity index (χ0) is 17.9. The fraction of sp³-hybridized carbons (Fsp3) is 0.350. The van der Waals surface area contributed by atoms with Gasteiger partial charge < -0.3 is 4.90 Å². The zero-order valence-corrected chi connectivity index (χ0v) is 14.9. The van der Waals surface area contributed by atoms with Crippen LogP contribution in [0.1, 0.15) is 30.0 Å². The zero-order valence-electron chi connectivity index (χ0n) is 14.9. The fourth-order valence-corrected chi connectivity index (χ4v) is 3.73. The van der Waals surface area contributed by atoms with Crippen LogP contribution in [0, 0.1) is 6.92 Å². The smallest absolute Gasteiger partial charge is 0.252 e. The van der Waals surface area contributed by atoms with Gasteiger partial charge in [0.05, 0.1) is 18.8 Å². The molecule has 1 saturated heterocycles. The lowest BCUT2D eigenvalue weighted by Crippen LogP contribution is -2.42. The van der Waals surface area contributed by atoms with Gasteiger partial charge in [-0.1, -0.05) is 30.3 Å². The average Bonchev–Trinajstić information content (AvgIpc) is 3.39. The molecule has 1 aromatic carbocycles. The summed E-state index contributed by atoms with van der Waals surface area (Å²) in [6.07, 6.45) is 9.50. The first-order chi connectivity index (χ1) is 12.7. The van der Waals surface area contributed by atoms with E-state index in [0.29, 0.717) is 0 Å². The summed E-state index contributed by atoms with van der Waals surface area (Å²) in [6.45, 7) is 3.55. The summed E-state index contributed by atoms with van der Waals surface area (Å²) in [5.41, 5.74) is 2.10. The fourth-order valence-electron chi connectivity index (χ4n) is 3.73. The van der Waals surface area contributed by atoms with E-state index in [1.165, 1.54) is 0 Å². The standard InChI is InChI=1S/C20H23N5O/c1-16-13-22-23(14-16)15-18-9-5-11-24(18)20(26)19(25-12-6-10-21-25)17-7-3-2-4-8-17/h2-4,6-8,10,12-14,18-19H,5,9,11,15H2,1H3/t18-,19+/m0/s1. The molecular formula is C20H23N5O. The van der Waals surface area contributed by atoms with Crippen LogP contribution in [0.5, 0.6) is 0 Å². The molecule has 134 valence electrons. The van der Waals surface area contributed by atoms with Crippen molar-refractivity contribution in [3.05, 3.63) is 72.3 Å². The van der Waals surface area contributed by atoms with Crippen LogP contribution in [0.25, 0.3) is 0 Å². The minimum atomic E-state index is -0.425. The molecule has 26 heavy (non-hydrogen) atoms. The molecule has 2 aromatic heterocycles. The second kappa shape index (κ2) is 7.15. The van der Waals surface area contributed by atoms with Crippen LogP contribution in [0.2, 0.25) is 0 Å². The van der Waals surface area contributed by atoms with Crippen LogP contribution in [0.4, 0.5) is 0 Å². The molecule has 1 aliphatic heterocycles. The summed E-state index contributed by atoms with van der Waals surface area (Å²) in [4.78, 5) is 15.5. The highest BCUT2D eigenvalue weighted by atomic mass is 16.2. The quantitative estimate of drug-likeness (QED) is 0.712. The lowest BCUT2D eigenvalue weighted by molar-refractivity contribution is -0.134. The van der Waals surface area contributed by atoms with Crippen LogP contribution >= 0.6 is 0 Å². The molecule has 0 radical (unpaired) electrons. The number of benzene rings is 1. The largest absolute Gasteiger partial charge is 0.336 e. The van der Waals surface area contributed by atoms with Gasteiger partial charge in [-0.15, -0.1) is 0 Å². The Labute approximate surface area is 153 Å². The SMILES string of the molecule is Cc1cnn(C[C@@H]2CCCN2C(=O)[C@@H](c2ccccc2)n2cccn2)c1. The van der Waals surface area contributed by atoms with Gasteiger partial charge in [-0.25, -0.2) is 0 Å². The van der Waals surface area contributed by atoms with Crippen molar-refractivity contribution < 1.29 is 4.79 Å². The predicted octanol–water partition coefficient (Wildman–Crippen LogP) is 2.67. The molecule has 0 bridgehead atoms. The Balaban J connectivity index is 1.60. The number of aryl methyl sites for hydroxylation is 1. The van der Waals surface area contributed by atoms with Gasteiger partial charge in [0, 0.05) is 25.1 Å². The number of amides is 1. The van der Waals surface area contributed by atoms with Crippen LogP contribution in [0.15, 0.2) is 61.2 Å². The van der Waals surface area contributed by atoms with E-state index in [4.69, 9.17) is 0 Å². The molecule has 0 spiro atoms. The maximum absolute atomic E-state index is 13.5. The van der Waals surface area contributed by atoms with Crippen molar-refractivity contribution in [1.82, 2.24) is 24.5 Å². The van der Waals surface area contributed by atoms with Gasteiger partial charge in [-0.05, 0) is 37.0 Å². The third-order valence-electron chi connectivity index (χ3n) is 4.96. The first kappa shape index (κ1) is 16.6. The lowest BCUT2D eigenvalue weighted by atomic mass is 10.1. The molecule has 0 aliphatic carbocycles. The molecule has 4 rings (SSSR count). The summed E-state index contributed by atoms with van der Waals surface area (Å²) < 4.78 is 3.70. The van der Waals surface area contributed by atoms with Crippen LogP contribution in [-0.4, -0.2) is 43.0 Å². The average molecular weight is 349 g/mol. The maximum atomic E-state index is 13.5. The first-order valence-electron chi connectivity index (χ1n) is 9.06. The maximum Gasteiger partial charge on any atom is 0.252 e. The summed E-state index contributed by atoms with van der Waals surface area (Å²) >= 11 is 0. The number of likely N-dealkylation sites (tertiary alicyclic amines) is 1. The Morgan fingerprint density at radius 3 is 2.77 bits per heavy atom. The van der Waals surface area contributed by atoms with Crippen molar-refractivity contribution in [2.75, 3.05) is 6.54 Å². The van der Waals surface area contributed by atoms with Crippen molar-refractivity contribution in [1.29, 1.82) is 0 Å². The molecule has 0 saturated carbocycles. The number of hydrogen-bond donors (Lipinski definition) is 0. The lowest BCUT2D eigenvalue weighted by Gasteiger charge is -2.29. The van der Waals surface area contributed by atoms with E-state index >= 15 is 0 Å². The molecule has 6 heteroatoms. The second-order valence-corrected chi connectivity index (χ2v) is 6.87. The van der Waals surface area contributed by atoms with E-state index in [9.17, 15) is 4.79 Å². The Bertz CT molecular complexity index is 855. The first-order valence-corrected chi connectivity index (χ1v) is 9.06. The predicted molar refractivity (Wildman–Crippen MR) is 98.5 cm³/mol. The molecule has 0 unspecified atom stereocenters. The third-order valence-corrected chi connectivity index (χ3v) is 4.96. The topological polar surface area (TPSA) is 56.0 Å². The van der Waals surface area contributed by atoms with E-state index in [-0.39, 0.29) is 11.9 Å². The van der Waals surface area contributed by atoms with Crippen LogP contribution in [0.3, 0.4) is 0 Å². The minimum absolute atomic E-state index is 0.103. The van der Waals surface area contributed by atoms with Crippen molar-refractivity contribution in [3.63, 3.8) is 0 Å². The van der Waals surface area contributed by atoms with E-state index in [0.717, 1.165) is 37.1 Å². The number of rotatable bonds is 5. The minimum Gasteiger partial charge on any atom is -0.336 e. The van der Waals surface area contributed by atoms with Gasteiger partial charge in [0.15, 0.2) is 6.04 Å². The normalized spacial score (nSPS) is 18.2. The van der Waals surface area contributed by atoms with Gasteiger partial charge in [0.1, 0.15) is 0 Å². The number of carbonyl (C=O) groups is 1. The van der Waals surface area contributed by atoms with E-state index in [1.54, 1.807) is 10.9 Å². The van der Waals surface area contributed by atoms with Gasteiger partial charge >= 0.3 is 0 Å². The van der Waals surface area contributed by atoms with Crippen LogP contribution in [-0.2, 0) is 11.3 Å². The summed E-state index contributed by atoms with van der Waals surface area (Å²) in [7, 11) is 0. The molecule has 3 aromatic rings. The monoisotopic (exact) mass is 349 g/mol. The molecule has 1 amide bonds. The Kier molecular flexibility index (Phi) is 4.56. The number of carbonyl (C=O) groups excluding carboxylic acids is 1. The van der Waals surface area contributed by atoms with Gasteiger partial charge in [0.25, 0.3) is 5.91 Å². The Hall–Kier alpha value is -2.89. The highest BCUT2D eigenvalue weighted by Gasteiger charge is 2.35. The Morgan fingerprint density at radius 1 is 1.23 bits per heavy atom. The number of nitrogens with zero attached hydrogens (tertiary/aromatic N) is 5. The summed E-state index contributed by atoms with van der Waals surface area (Å²) in [5.74, 6) is 0.103. The van der Waals surface area contributed by atoms with Gasteiger partial charge in [0.2, 0.25) is 0 Å². The van der Waals surface area contributed by atoms with E-state index in [2.05, 4.69) is 10.2 Å². The number of hydrogen-bond acceptors (Lipinski definition) is 3. The molecule has 1 aliphatic rings. The number of aromatic nitrogens is 4. The third kappa shape index (κ3) is 3.27. The molecule has 6 nitrogen and oxygen atoms in total. The van der Waals surface area contributed by atoms with Gasteiger partial charge in [-0.2, -0.15) is 10.2 Å². The highest BCUT2D eigenvalue weighted by molar-refractivity contribution is 5.84.